The summed E-state index contributed by atoms with van der Waals surface area (Å²) in [5, 5.41) is 0. The first-order valence-corrected chi connectivity index (χ1v) is 11.8. The molecule has 2 aromatic carbocycles. The molecule has 1 saturated heterocycles. The van der Waals surface area contributed by atoms with Crippen molar-refractivity contribution in [3.63, 3.8) is 0 Å². The highest BCUT2D eigenvalue weighted by Crippen LogP contribution is 2.18. The summed E-state index contributed by atoms with van der Waals surface area (Å²) in [4.78, 5) is 16.5. The molecule has 168 valence electrons. The van der Waals surface area contributed by atoms with E-state index in [1.54, 1.807) is 36.1 Å². The van der Waals surface area contributed by atoms with Gasteiger partial charge in [-0.05, 0) is 61.9 Å². The maximum Gasteiger partial charge on any atom is 0.260 e. The minimum absolute atomic E-state index is 0.117. The molecule has 0 aromatic heterocycles. The second kappa shape index (κ2) is 10.1. The van der Waals surface area contributed by atoms with Crippen LogP contribution in [-0.2, 0) is 14.8 Å². The summed E-state index contributed by atoms with van der Waals surface area (Å²) in [5.74, 6) is 0.0294. The second-order valence-corrected chi connectivity index (χ2v) is 9.25. The number of nitrogens with one attached hydrogen (secondary N) is 1. The van der Waals surface area contributed by atoms with Crippen molar-refractivity contribution < 1.29 is 22.3 Å². The average molecular weight is 450 g/mol. The molecule has 1 atom stereocenters. The molecule has 0 unspecified atom stereocenters. The lowest BCUT2D eigenvalue weighted by atomic mass is 10.2. The molecule has 0 spiro atoms. The quantitative estimate of drug-likeness (QED) is 0.670. The Labute approximate surface area is 182 Å². The normalized spacial score (nSPS) is 15.6. The van der Waals surface area contributed by atoms with Crippen LogP contribution in [0.15, 0.2) is 53.4 Å². The minimum Gasteiger partial charge on any atom is -0.484 e. The van der Waals surface area contributed by atoms with E-state index < -0.39 is 10.0 Å². The van der Waals surface area contributed by atoms with Crippen LogP contribution in [0.25, 0.3) is 0 Å². The number of ether oxygens (including phenoxy) is 1. The maximum absolute atomic E-state index is 13.1. The highest BCUT2D eigenvalue weighted by atomic mass is 32.2. The van der Waals surface area contributed by atoms with E-state index in [-0.39, 0.29) is 29.3 Å². The molecule has 2 aromatic rings. The fourth-order valence-electron chi connectivity index (χ4n) is 3.23. The zero-order chi connectivity index (χ0) is 22.4. The van der Waals surface area contributed by atoms with Crippen LogP contribution >= 0.6 is 0 Å². The number of anilines is 1. The fraction of sp³-hybridized carbons (Fsp3) is 0.409. The van der Waals surface area contributed by atoms with Gasteiger partial charge in [0.2, 0.25) is 10.0 Å². The van der Waals surface area contributed by atoms with E-state index >= 15 is 0 Å². The topological polar surface area (TPSA) is 78.9 Å². The van der Waals surface area contributed by atoms with Crippen molar-refractivity contribution in [2.45, 2.75) is 31.2 Å². The first kappa shape index (κ1) is 23.0. The van der Waals surface area contributed by atoms with E-state index in [2.05, 4.69) is 9.62 Å². The van der Waals surface area contributed by atoms with Crippen LogP contribution in [0.5, 0.6) is 5.75 Å². The van der Waals surface area contributed by atoms with Crippen molar-refractivity contribution in [3.8, 4) is 5.75 Å². The van der Waals surface area contributed by atoms with Gasteiger partial charge in [0.25, 0.3) is 5.91 Å². The number of piperazine rings is 1. The zero-order valence-corrected chi connectivity index (χ0v) is 18.6. The second-order valence-electron chi connectivity index (χ2n) is 7.53. The molecule has 1 N–H and O–H groups in total. The molecule has 1 amide bonds. The van der Waals surface area contributed by atoms with E-state index in [0.29, 0.717) is 38.3 Å². The lowest BCUT2D eigenvalue weighted by molar-refractivity contribution is -0.133. The first-order valence-electron chi connectivity index (χ1n) is 10.3. The molecule has 1 aliphatic heterocycles. The minimum atomic E-state index is -3.57. The van der Waals surface area contributed by atoms with Crippen molar-refractivity contribution in [2.75, 3.05) is 37.7 Å². The Hall–Kier alpha value is -2.65. The van der Waals surface area contributed by atoms with Crippen LogP contribution in [0.2, 0.25) is 0 Å². The van der Waals surface area contributed by atoms with Crippen LogP contribution in [-0.4, -0.2) is 58.1 Å². The predicted octanol–water partition coefficient (Wildman–Crippen LogP) is 2.63. The number of sulfonamides is 1. The van der Waals surface area contributed by atoms with Crippen LogP contribution in [0.3, 0.4) is 0 Å². The molecule has 9 heteroatoms. The van der Waals surface area contributed by atoms with Gasteiger partial charge in [-0.25, -0.2) is 17.5 Å². The highest BCUT2D eigenvalue weighted by molar-refractivity contribution is 7.89. The Morgan fingerprint density at radius 1 is 1.06 bits per heavy atom. The standard InChI is InChI=1S/C22H28FN3O4S/c1-3-17(2)24-31(28,29)21-10-8-20(9-11-21)30-16-22(27)26-14-12-25(13-15-26)19-6-4-18(23)5-7-19/h4-11,17,24H,3,12-16H2,1-2H3/t17-/m0/s1. The third-order valence-electron chi connectivity index (χ3n) is 5.29. The van der Waals surface area contributed by atoms with Crippen molar-refractivity contribution >= 4 is 21.6 Å². The van der Waals surface area contributed by atoms with E-state index in [4.69, 9.17) is 4.74 Å². The average Bonchev–Trinajstić information content (AvgIpc) is 2.78. The lowest BCUT2D eigenvalue weighted by Crippen LogP contribution is -2.50. The smallest absolute Gasteiger partial charge is 0.260 e. The third kappa shape index (κ3) is 6.18. The van der Waals surface area contributed by atoms with E-state index in [1.807, 2.05) is 6.92 Å². The van der Waals surface area contributed by atoms with Crippen molar-refractivity contribution in [2.24, 2.45) is 0 Å². The predicted molar refractivity (Wildman–Crippen MR) is 117 cm³/mol. The number of carbonyl (C=O) groups is 1. The van der Waals surface area contributed by atoms with Crippen molar-refractivity contribution in [1.29, 1.82) is 0 Å². The molecule has 0 bridgehead atoms. The summed E-state index contributed by atoms with van der Waals surface area (Å²) in [6.45, 7) is 6.02. The number of halogens is 1. The Balaban J connectivity index is 1.48. The first-order chi connectivity index (χ1) is 14.8. The molecule has 7 nitrogen and oxygen atoms in total. The van der Waals surface area contributed by atoms with E-state index in [9.17, 15) is 17.6 Å². The molecule has 1 aliphatic rings. The number of nitrogens with zero attached hydrogens (tertiary/aromatic N) is 2. The van der Waals surface area contributed by atoms with Crippen LogP contribution in [0.4, 0.5) is 10.1 Å². The van der Waals surface area contributed by atoms with E-state index in [1.165, 1.54) is 24.3 Å². The summed E-state index contributed by atoms with van der Waals surface area (Å²) >= 11 is 0. The Morgan fingerprint density at radius 2 is 1.68 bits per heavy atom. The number of amides is 1. The summed E-state index contributed by atoms with van der Waals surface area (Å²) in [6.07, 6.45) is 0.695. The molecule has 0 radical (unpaired) electrons. The third-order valence-corrected chi connectivity index (χ3v) is 6.89. The van der Waals surface area contributed by atoms with Crippen LogP contribution < -0.4 is 14.4 Å². The van der Waals surface area contributed by atoms with Crippen LogP contribution in [0, 0.1) is 5.82 Å². The van der Waals surface area contributed by atoms with Gasteiger partial charge in [-0.2, -0.15) is 0 Å². The summed E-state index contributed by atoms with van der Waals surface area (Å²) in [6, 6.07) is 12.2. The van der Waals surface area contributed by atoms with Gasteiger partial charge in [0, 0.05) is 37.9 Å². The van der Waals surface area contributed by atoms with E-state index in [0.717, 1.165) is 5.69 Å². The van der Waals surface area contributed by atoms with Gasteiger partial charge >= 0.3 is 0 Å². The molecule has 0 aliphatic carbocycles. The molecular weight excluding hydrogens is 421 g/mol. The Morgan fingerprint density at radius 3 is 2.26 bits per heavy atom. The van der Waals surface area contributed by atoms with Gasteiger partial charge in [-0.1, -0.05) is 6.92 Å². The molecule has 1 heterocycles. The van der Waals surface area contributed by atoms with Gasteiger partial charge in [0.1, 0.15) is 11.6 Å². The Bertz CT molecular complexity index is 973. The molecule has 0 saturated carbocycles. The van der Waals surface area contributed by atoms with Crippen LogP contribution in [0.1, 0.15) is 20.3 Å². The number of carbonyl (C=O) groups excluding carboxylic acids is 1. The number of hydrogen-bond donors (Lipinski definition) is 1. The Kier molecular flexibility index (Phi) is 7.50. The van der Waals surface area contributed by atoms with Gasteiger partial charge in [-0.3, -0.25) is 4.79 Å². The highest BCUT2D eigenvalue weighted by Gasteiger charge is 2.22. The number of rotatable bonds is 8. The molecule has 3 rings (SSSR count). The number of benzene rings is 2. The van der Waals surface area contributed by atoms with Gasteiger partial charge < -0.3 is 14.5 Å². The molecule has 1 fully saturated rings. The van der Waals surface area contributed by atoms with Crippen molar-refractivity contribution in [1.82, 2.24) is 9.62 Å². The summed E-state index contributed by atoms with van der Waals surface area (Å²) < 4.78 is 45.8. The van der Waals surface area contributed by atoms with Gasteiger partial charge in [-0.15, -0.1) is 0 Å². The maximum atomic E-state index is 13.1. The fourth-order valence-corrected chi connectivity index (χ4v) is 4.56. The molecular formula is C22H28FN3O4S. The largest absolute Gasteiger partial charge is 0.484 e. The SMILES string of the molecule is CC[C@H](C)NS(=O)(=O)c1ccc(OCC(=O)N2CCN(c3ccc(F)cc3)CC2)cc1. The van der Waals surface area contributed by atoms with Crippen molar-refractivity contribution in [3.05, 3.63) is 54.3 Å². The monoisotopic (exact) mass is 449 g/mol. The molecule has 31 heavy (non-hydrogen) atoms. The number of hydrogen-bond acceptors (Lipinski definition) is 5. The van der Waals surface area contributed by atoms with Gasteiger partial charge in [0.05, 0.1) is 4.90 Å². The lowest BCUT2D eigenvalue weighted by Gasteiger charge is -2.36. The van der Waals surface area contributed by atoms with Gasteiger partial charge in [0.15, 0.2) is 6.61 Å². The summed E-state index contributed by atoms with van der Waals surface area (Å²) in [5.41, 5.74) is 0.933. The summed E-state index contributed by atoms with van der Waals surface area (Å²) in [7, 11) is -3.57. The zero-order valence-electron chi connectivity index (χ0n) is 17.8.